The number of aliphatic hydroxyl groups is 1. The number of halogens is 1. The first-order chi connectivity index (χ1) is 11.8. The summed E-state index contributed by atoms with van der Waals surface area (Å²) in [5, 5.41) is 14.0. The average molecular weight is 413 g/mol. The van der Waals surface area contributed by atoms with Gasteiger partial charge in [-0.25, -0.2) is 0 Å². The monoisotopic (exact) mass is 412 g/mol. The highest BCUT2D eigenvalue weighted by atomic mass is 79.9. The maximum atomic E-state index is 10.8. The van der Waals surface area contributed by atoms with E-state index >= 15 is 0 Å². The molecule has 0 aliphatic rings. The van der Waals surface area contributed by atoms with Crippen LogP contribution in [-0.2, 0) is 0 Å². The van der Waals surface area contributed by atoms with Crippen molar-refractivity contribution in [2.45, 2.75) is 0 Å². The molecule has 1 heterocycles. The number of thiocarbonyl (C=S) groups is 1. The third-order valence-corrected chi connectivity index (χ3v) is 3.79. The molecule has 3 rings (SSSR count). The molecule has 0 radical (unpaired) electrons. The fraction of sp³-hybridized carbons (Fsp3) is 0. The third kappa shape index (κ3) is 4.75. The van der Waals surface area contributed by atoms with Gasteiger partial charge < -0.3 is 27.4 Å². The molecule has 0 fully saturated rings. The Kier molecular flexibility index (Phi) is 6.86. The van der Waals surface area contributed by atoms with E-state index < -0.39 is 0 Å². The van der Waals surface area contributed by atoms with Gasteiger partial charge in [-0.1, -0.05) is 66.8 Å². The van der Waals surface area contributed by atoms with E-state index in [0.717, 1.165) is 5.69 Å². The number of aromatic nitrogens is 1. The van der Waals surface area contributed by atoms with Gasteiger partial charge in [-0.2, -0.15) is 4.57 Å². The van der Waals surface area contributed by atoms with E-state index in [-0.39, 0.29) is 22.7 Å². The van der Waals surface area contributed by atoms with Gasteiger partial charge in [0.2, 0.25) is 0 Å². The largest absolute Gasteiger partial charge is 1.00 e. The van der Waals surface area contributed by atoms with Crippen molar-refractivity contribution in [2.75, 3.05) is 5.32 Å². The molecule has 2 aromatic carbocycles. The van der Waals surface area contributed by atoms with Gasteiger partial charge in [-0.15, -0.1) is 0 Å². The van der Waals surface area contributed by atoms with Gasteiger partial charge in [0.15, 0.2) is 23.1 Å². The number of hydrogen-bond donors (Lipinski definition) is 2. The predicted molar refractivity (Wildman–Crippen MR) is 101 cm³/mol. The highest BCUT2D eigenvalue weighted by molar-refractivity contribution is 7.81. The second kappa shape index (κ2) is 9.11. The SMILES string of the molecule is O/C(=C(/C(=S)Nc1ccccc1)[n+]1ccccc1)c1ccccc1.[Br-]. The highest BCUT2D eigenvalue weighted by Crippen LogP contribution is 2.18. The summed E-state index contributed by atoms with van der Waals surface area (Å²) < 4.78 is 1.81. The summed E-state index contributed by atoms with van der Waals surface area (Å²) >= 11 is 5.57. The minimum absolute atomic E-state index is 0. The van der Waals surface area contributed by atoms with Gasteiger partial charge in [-0.05, 0) is 12.1 Å². The molecule has 0 atom stereocenters. The van der Waals surface area contributed by atoms with Crippen LogP contribution >= 0.6 is 12.2 Å². The number of nitrogens with one attached hydrogen (secondary N) is 1. The summed E-state index contributed by atoms with van der Waals surface area (Å²) in [5.74, 6) is 0.125. The molecule has 0 aliphatic carbocycles. The van der Waals surface area contributed by atoms with Crippen LogP contribution in [0.1, 0.15) is 5.56 Å². The lowest BCUT2D eigenvalue weighted by molar-refractivity contribution is -0.575. The highest BCUT2D eigenvalue weighted by Gasteiger charge is 2.23. The number of nitrogens with zero attached hydrogens (tertiary/aromatic N) is 1. The molecule has 1 aromatic heterocycles. The van der Waals surface area contributed by atoms with Crippen molar-refractivity contribution >= 4 is 34.3 Å². The predicted octanol–water partition coefficient (Wildman–Crippen LogP) is 1.30. The molecular weight excluding hydrogens is 396 g/mol. The van der Waals surface area contributed by atoms with Crippen molar-refractivity contribution in [1.82, 2.24) is 0 Å². The zero-order valence-corrected chi connectivity index (χ0v) is 15.7. The zero-order valence-electron chi connectivity index (χ0n) is 13.3. The smallest absolute Gasteiger partial charge is 0.288 e. The molecule has 5 heteroatoms. The Morgan fingerprint density at radius 2 is 1.32 bits per heavy atom. The van der Waals surface area contributed by atoms with Gasteiger partial charge in [0, 0.05) is 23.4 Å². The Balaban J connectivity index is 0.00000225. The average Bonchev–Trinajstić information content (AvgIpc) is 2.64. The van der Waals surface area contributed by atoms with Crippen molar-refractivity contribution in [2.24, 2.45) is 0 Å². The van der Waals surface area contributed by atoms with Crippen LogP contribution in [0, 0.1) is 0 Å². The Morgan fingerprint density at radius 1 is 0.800 bits per heavy atom. The molecule has 25 heavy (non-hydrogen) atoms. The lowest BCUT2D eigenvalue weighted by Crippen LogP contribution is -3.00. The third-order valence-electron chi connectivity index (χ3n) is 3.49. The summed E-state index contributed by atoms with van der Waals surface area (Å²) in [6, 6.07) is 24.7. The van der Waals surface area contributed by atoms with Crippen molar-refractivity contribution in [3.63, 3.8) is 0 Å². The van der Waals surface area contributed by atoms with Crippen molar-refractivity contribution < 1.29 is 26.7 Å². The zero-order chi connectivity index (χ0) is 16.8. The molecule has 0 unspecified atom stereocenters. The van der Waals surface area contributed by atoms with Crippen molar-refractivity contribution in [3.8, 4) is 0 Å². The van der Waals surface area contributed by atoms with Crippen LogP contribution in [0.4, 0.5) is 5.69 Å². The summed E-state index contributed by atoms with van der Waals surface area (Å²) in [6.07, 6.45) is 3.71. The summed E-state index contributed by atoms with van der Waals surface area (Å²) in [6.45, 7) is 0. The number of benzene rings is 2. The van der Waals surface area contributed by atoms with Gasteiger partial charge in [0.1, 0.15) is 0 Å². The maximum absolute atomic E-state index is 10.8. The van der Waals surface area contributed by atoms with Crippen LogP contribution < -0.4 is 26.9 Å². The maximum Gasteiger partial charge on any atom is 0.288 e. The van der Waals surface area contributed by atoms with E-state index in [2.05, 4.69) is 5.32 Å². The second-order valence-electron chi connectivity index (χ2n) is 5.17. The van der Waals surface area contributed by atoms with Crippen LogP contribution in [0.5, 0.6) is 0 Å². The Hall–Kier alpha value is -2.50. The van der Waals surface area contributed by atoms with Gasteiger partial charge in [0.05, 0.1) is 0 Å². The van der Waals surface area contributed by atoms with E-state index in [4.69, 9.17) is 12.2 Å². The molecule has 126 valence electrons. The number of hydrogen-bond acceptors (Lipinski definition) is 2. The minimum atomic E-state index is 0. The molecule has 0 saturated heterocycles. The summed E-state index contributed by atoms with van der Waals surface area (Å²) in [7, 11) is 0. The summed E-state index contributed by atoms with van der Waals surface area (Å²) in [4.78, 5) is 0.443. The van der Waals surface area contributed by atoms with Crippen LogP contribution in [0.3, 0.4) is 0 Å². The Bertz CT molecular complexity index is 853. The van der Waals surface area contributed by atoms with E-state index in [1.807, 2.05) is 91.3 Å². The molecule has 0 saturated carbocycles. The molecular formula is C20H17BrN2OS. The van der Waals surface area contributed by atoms with Crippen LogP contribution in [0.25, 0.3) is 11.5 Å². The molecule has 0 aliphatic heterocycles. The van der Waals surface area contributed by atoms with Crippen molar-refractivity contribution in [1.29, 1.82) is 0 Å². The van der Waals surface area contributed by atoms with Gasteiger partial charge in [0.25, 0.3) is 5.70 Å². The normalized spacial score (nSPS) is 11.0. The number of para-hydroxylation sites is 1. The topological polar surface area (TPSA) is 36.1 Å². The van der Waals surface area contributed by atoms with E-state index in [1.54, 1.807) is 4.57 Å². The van der Waals surface area contributed by atoms with E-state index in [9.17, 15) is 5.11 Å². The van der Waals surface area contributed by atoms with Crippen molar-refractivity contribution in [3.05, 3.63) is 96.8 Å². The van der Waals surface area contributed by atoms with E-state index in [0.29, 0.717) is 16.2 Å². The summed E-state index contributed by atoms with van der Waals surface area (Å²) in [5.41, 5.74) is 2.11. The first-order valence-electron chi connectivity index (χ1n) is 7.57. The Labute approximate surface area is 163 Å². The second-order valence-corrected chi connectivity index (χ2v) is 5.57. The molecule has 3 aromatic rings. The number of pyridine rings is 1. The minimum Gasteiger partial charge on any atom is -1.00 e. The lowest BCUT2D eigenvalue weighted by Gasteiger charge is -2.10. The van der Waals surface area contributed by atoms with Crippen LogP contribution in [0.15, 0.2) is 91.3 Å². The first-order valence-corrected chi connectivity index (χ1v) is 7.98. The van der Waals surface area contributed by atoms with E-state index in [1.165, 1.54) is 0 Å². The number of rotatable bonds is 4. The Morgan fingerprint density at radius 3 is 1.92 bits per heavy atom. The van der Waals surface area contributed by atoms with Crippen LogP contribution in [-0.4, -0.2) is 10.1 Å². The quantitative estimate of drug-likeness (QED) is 0.293. The molecule has 3 nitrogen and oxygen atoms in total. The van der Waals surface area contributed by atoms with Crippen LogP contribution in [0.2, 0.25) is 0 Å². The molecule has 0 amide bonds. The van der Waals surface area contributed by atoms with Gasteiger partial charge in [-0.3, -0.25) is 0 Å². The lowest BCUT2D eigenvalue weighted by atomic mass is 10.1. The number of anilines is 1. The molecule has 2 N–H and O–H groups in total. The van der Waals surface area contributed by atoms with Gasteiger partial charge >= 0.3 is 0 Å². The number of aliphatic hydroxyl groups excluding tert-OH is 1. The molecule has 0 spiro atoms. The standard InChI is InChI=1S/C20H16N2OS.BrH/c23-19(16-10-4-1-5-11-16)18(22-14-8-3-9-15-22)20(24)21-17-12-6-2-7-13-17;/h1-15H,(H-,21,23,24);1H. The molecule has 0 bridgehead atoms. The fourth-order valence-corrected chi connectivity index (χ4v) is 2.66. The fourth-order valence-electron chi connectivity index (χ4n) is 2.34. The first kappa shape index (κ1) is 18.8.